The zero-order valence-electron chi connectivity index (χ0n) is 10.3. The number of hydrogen-bond acceptors (Lipinski definition) is 3. The van der Waals surface area contributed by atoms with Crippen LogP contribution in [0.25, 0.3) is 0 Å². The highest BCUT2D eigenvalue weighted by Crippen LogP contribution is 2.33. The molecule has 1 unspecified atom stereocenters. The Bertz CT molecular complexity index is 578. The second-order valence-electron chi connectivity index (χ2n) is 4.98. The van der Waals surface area contributed by atoms with E-state index < -0.39 is 35.1 Å². The smallest absolute Gasteiger partial charge is 0.252 e. The molecule has 2 fully saturated rings. The van der Waals surface area contributed by atoms with Gasteiger partial charge in [0.15, 0.2) is 11.6 Å². The van der Waals surface area contributed by atoms with Crippen LogP contribution in [0.4, 0.5) is 18.9 Å². The molecule has 1 aromatic rings. The number of anilines is 1. The van der Waals surface area contributed by atoms with Gasteiger partial charge in [-0.3, -0.25) is 14.5 Å². The molecular formula is C13H11F3N2O2. The number of benzene rings is 1. The third-order valence-corrected chi connectivity index (χ3v) is 3.42. The lowest BCUT2D eigenvalue weighted by atomic mass is 10.2. The zero-order valence-corrected chi connectivity index (χ0v) is 10.3. The Morgan fingerprint density at radius 1 is 1.10 bits per heavy atom. The number of nitrogens with one attached hydrogen (secondary N) is 1. The summed E-state index contributed by atoms with van der Waals surface area (Å²) < 4.78 is 39.8. The molecule has 0 radical (unpaired) electrons. The number of nitrogens with zero attached hydrogens (tertiary/aromatic N) is 1. The normalized spacial score (nSPS) is 22.6. The maximum Gasteiger partial charge on any atom is 0.252 e. The van der Waals surface area contributed by atoms with Crippen LogP contribution in [0.1, 0.15) is 19.3 Å². The molecule has 7 heteroatoms. The Balaban J connectivity index is 1.82. The van der Waals surface area contributed by atoms with Crippen molar-refractivity contribution < 1.29 is 22.8 Å². The maximum absolute atomic E-state index is 13.5. The van der Waals surface area contributed by atoms with Crippen molar-refractivity contribution >= 4 is 17.5 Å². The maximum atomic E-state index is 13.5. The molecule has 2 aliphatic rings. The number of halogens is 3. The summed E-state index contributed by atoms with van der Waals surface area (Å²) in [4.78, 5) is 24.9. The fraction of sp³-hybridized carbons (Fsp3) is 0.385. The molecule has 2 amide bonds. The van der Waals surface area contributed by atoms with Gasteiger partial charge in [0.2, 0.25) is 5.91 Å². The lowest BCUT2D eigenvalue weighted by Gasteiger charge is -2.16. The zero-order chi connectivity index (χ0) is 14.4. The second kappa shape index (κ2) is 4.50. The topological polar surface area (TPSA) is 49.4 Å². The molecule has 1 aromatic carbocycles. The van der Waals surface area contributed by atoms with Crippen molar-refractivity contribution in [2.75, 3.05) is 5.32 Å². The molecule has 0 spiro atoms. The van der Waals surface area contributed by atoms with Crippen molar-refractivity contribution in [3.8, 4) is 0 Å². The quantitative estimate of drug-likeness (QED) is 0.861. The van der Waals surface area contributed by atoms with Crippen LogP contribution in [0.3, 0.4) is 0 Å². The SMILES string of the molecule is O=C1CC(Nc2c(F)cc(F)cc2F)C(=O)N1C1CC1. The van der Waals surface area contributed by atoms with Crippen LogP contribution < -0.4 is 5.32 Å². The van der Waals surface area contributed by atoms with E-state index >= 15 is 0 Å². The minimum absolute atomic E-state index is 0.0790. The molecule has 1 heterocycles. The van der Waals surface area contributed by atoms with E-state index in [2.05, 4.69) is 5.32 Å². The van der Waals surface area contributed by atoms with Crippen molar-refractivity contribution in [2.24, 2.45) is 0 Å². The van der Waals surface area contributed by atoms with Gasteiger partial charge in [-0.15, -0.1) is 0 Å². The Hall–Kier alpha value is -2.05. The second-order valence-corrected chi connectivity index (χ2v) is 4.98. The lowest BCUT2D eigenvalue weighted by Crippen LogP contribution is -2.36. The largest absolute Gasteiger partial charge is 0.368 e. The first kappa shape index (κ1) is 13.0. The highest BCUT2D eigenvalue weighted by atomic mass is 19.1. The van der Waals surface area contributed by atoms with E-state index in [0.717, 1.165) is 17.7 Å². The fourth-order valence-corrected chi connectivity index (χ4v) is 2.33. The molecule has 106 valence electrons. The minimum Gasteiger partial charge on any atom is -0.368 e. The van der Waals surface area contributed by atoms with Gasteiger partial charge >= 0.3 is 0 Å². The average molecular weight is 284 g/mol. The van der Waals surface area contributed by atoms with E-state index in [1.807, 2.05) is 0 Å². The molecular weight excluding hydrogens is 273 g/mol. The van der Waals surface area contributed by atoms with Gasteiger partial charge in [-0.2, -0.15) is 0 Å². The van der Waals surface area contributed by atoms with Crippen LogP contribution in [0, 0.1) is 17.5 Å². The highest BCUT2D eigenvalue weighted by molar-refractivity contribution is 6.07. The molecule has 20 heavy (non-hydrogen) atoms. The molecule has 1 saturated carbocycles. The van der Waals surface area contributed by atoms with Crippen molar-refractivity contribution in [1.82, 2.24) is 4.90 Å². The van der Waals surface area contributed by atoms with Crippen LogP contribution in [0.5, 0.6) is 0 Å². The molecule has 0 bridgehead atoms. The van der Waals surface area contributed by atoms with Crippen molar-refractivity contribution in [3.05, 3.63) is 29.6 Å². The summed E-state index contributed by atoms with van der Waals surface area (Å²) >= 11 is 0. The van der Waals surface area contributed by atoms with E-state index in [-0.39, 0.29) is 18.4 Å². The molecule has 4 nitrogen and oxygen atoms in total. The third kappa shape index (κ3) is 2.13. The molecule has 1 aliphatic carbocycles. The van der Waals surface area contributed by atoms with E-state index in [0.29, 0.717) is 12.1 Å². The summed E-state index contributed by atoms with van der Waals surface area (Å²) in [5.41, 5.74) is -0.588. The minimum atomic E-state index is -1.13. The molecule has 1 N–H and O–H groups in total. The summed E-state index contributed by atoms with van der Waals surface area (Å²) in [6, 6.07) is -0.0429. The van der Waals surface area contributed by atoms with Crippen molar-refractivity contribution in [3.63, 3.8) is 0 Å². The van der Waals surface area contributed by atoms with E-state index in [4.69, 9.17) is 0 Å². The Morgan fingerprint density at radius 3 is 2.25 bits per heavy atom. The monoisotopic (exact) mass is 284 g/mol. The van der Waals surface area contributed by atoms with E-state index in [9.17, 15) is 22.8 Å². The van der Waals surface area contributed by atoms with Gasteiger partial charge in [-0.1, -0.05) is 0 Å². The van der Waals surface area contributed by atoms with E-state index in [1.54, 1.807) is 0 Å². The first-order valence-electron chi connectivity index (χ1n) is 6.24. The van der Waals surface area contributed by atoms with Gasteiger partial charge in [0.1, 0.15) is 17.5 Å². The molecule has 1 atom stereocenters. The first-order chi connectivity index (χ1) is 9.47. The molecule has 0 aromatic heterocycles. The van der Waals surface area contributed by atoms with Crippen LogP contribution in [0.2, 0.25) is 0 Å². The Kier molecular flexibility index (Phi) is 2.92. The summed E-state index contributed by atoms with van der Waals surface area (Å²) in [6.07, 6.45) is 1.39. The molecule has 1 aliphatic heterocycles. The average Bonchev–Trinajstić information content (AvgIpc) is 3.12. The van der Waals surface area contributed by atoms with Crippen molar-refractivity contribution in [2.45, 2.75) is 31.3 Å². The van der Waals surface area contributed by atoms with Gasteiger partial charge in [0, 0.05) is 18.2 Å². The van der Waals surface area contributed by atoms with E-state index in [1.165, 1.54) is 0 Å². The van der Waals surface area contributed by atoms with Gasteiger partial charge in [-0.25, -0.2) is 13.2 Å². The van der Waals surface area contributed by atoms with Gasteiger partial charge in [0.05, 0.1) is 6.42 Å². The third-order valence-electron chi connectivity index (χ3n) is 3.42. The van der Waals surface area contributed by atoms with Gasteiger partial charge in [0.25, 0.3) is 5.91 Å². The summed E-state index contributed by atoms with van der Waals surface area (Å²) in [5, 5.41) is 2.37. The number of carbonyl (C=O) groups is 2. The fourth-order valence-electron chi connectivity index (χ4n) is 2.33. The first-order valence-corrected chi connectivity index (χ1v) is 6.24. The van der Waals surface area contributed by atoms with Gasteiger partial charge in [-0.05, 0) is 12.8 Å². The number of amides is 2. The van der Waals surface area contributed by atoms with Crippen LogP contribution in [0.15, 0.2) is 12.1 Å². The summed E-state index contributed by atoms with van der Waals surface area (Å²) in [7, 11) is 0. The number of imide groups is 1. The number of hydrogen-bond donors (Lipinski definition) is 1. The van der Waals surface area contributed by atoms with Crippen molar-refractivity contribution in [1.29, 1.82) is 0 Å². The standard InChI is InChI=1S/C13H11F3N2O2/c14-6-3-8(15)12(9(16)4-6)17-10-5-11(19)18(13(10)20)7-1-2-7/h3-4,7,10,17H,1-2,5H2. The van der Waals surface area contributed by atoms with Crippen LogP contribution in [-0.2, 0) is 9.59 Å². The highest BCUT2D eigenvalue weighted by Gasteiger charge is 2.46. The predicted molar refractivity (Wildman–Crippen MR) is 63.2 cm³/mol. The Labute approximate surface area is 112 Å². The van der Waals surface area contributed by atoms with Crippen LogP contribution >= 0.6 is 0 Å². The number of carbonyl (C=O) groups excluding carboxylic acids is 2. The lowest BCUT2D eigenvalue weighted by molar-refractivity contribution is -0.139. The molecule has 1 saturated heterocycles. The molecule has 3 rings (SSSR count). The number of likely N-dealkylation sites (tertiary alicyclic amines) is 1. The Morgan fingerprint density at radius 2 is 1.70 bits per heavy atom. The van der Waals surface area contributed by atoms with Gasteiger partial charge < -0.3 is 5.32 Å². The summed E-state index contributed by atoms with van der Waals surface area (Å²) in [6.45, 7) is 0. The summed E-state index contributed by atoms with van der Waals surface area (Å²) in [5.74, 6) is -4.14. The van der Waals surface area contributed by atoms with Crippen LogP contribution in [-0.4, -0.2) is 28.8 Å². The predicted octanol–water partition coefficient (Wildman–Crippen LogP) is 1.81. The number of rotatable bonds is 3.